The Bertz CT molecular complexity index is 445. The van der Waals surface area contributed by atoms with Gasteiger partial charge in [-0.15, -0.1) is 0 Å². The lowest BCUT2D eigenvalue weighted by Gasteiger charge is -2.10. The number of carboxylic acid groups (broad SMARTS) is 1. The molecule has 5 heteroatoms. The van der Waals surface area contributed by atoms with Crippen molar-refractivity contribution in [3.63, 3.8) is 0 Å². The Hall–Kier alpha value is -2.04. The van der Waals surface area contributed by atoms with Gasteiger partial charge in [-0.25, -0.2) is 0 Å². The smallest absolute Gasteiger partial charge is 0.303 e. The summed E-state index contributed by atoms with van der Waals surface area (Å²) in [7, 11) is 0. The second-order valence-corrected chi connectivity index (χ2v) is 4.45. The maximum absolute atomic E-state index is 11.6. The Morgan fingerprint density at radius 3 is 2.70 bits per heavy atom. The van der Waals surface area contributed by atoms with Gasteiger partial charge >= 0.3 is 5.97 Å². The van der Waals surface area contributed by atoms with Gasteiger partial charge in [0.2, 0.25) is 0 Å². The number of benzene rings is 1. The average Bonchev–Trinajstić information content (AvgIpc) is 2.44. The first-order chi connectivity index (χ1) is 9.63. The fourth-order valence-corrected chi connectivity index (χ4v) is 1.76. The highest BCUT2D eigenvalue weighted by Gasteiger charge is 2.05. The maximum atomic E-state index is 11.6. The van der Waals surface area contributed by atoms with Crippen molar-refractivity contribution in [3.8, 4) is 5.75 Å². The van der Waals surface area contributed by atoms with Crippen molar-refractivity contribution >= 4 is 11.9 Å². The van der Waals surface area contributed by atoms with E-state index in [-0.39, 0.29) is 18.9 Å². The lowest BCUT2D eigenvalue weighted by atomic mass is 10.1. The van der Waals surface area contributed by atoms with Gasteiger partial charge in [0, 0.05) is 13.0 Å². The average molecular weight is 279 g/mol. The van der Waals surface area contributed by atoms with E-state index >= 15 is 0 Å². The third-order valence-electron chi connectivity index (χ3n) is 2.85. The molecule has 0 aromatic heterocycles. The standard InChI is InChI=1S/C15H21NO4/c1-2-12-7-3-4-8-13(12)20-11-14(17)16-10-6-5-9-15(18)19/h3-4,7-8H,2,5-6,9-11H2,1H3,(H,16,17)(H,18,19). The van der Waals surface area contributed by atoms with Crippen LogP contribution in [0.3, 0.4) is 0 Å². The van der Waals surface area contributed by atoms with Crippen LogP contribution in [0.15, 0.2) is 24.3 Å². The summed E-state index contributed by atoms with van der Waals surface area (Å²) in [5.41, 5.74) is 1.07. The second kappa shape index (κ2) is 8.96. The number of unbranched alkanes of at least 4 members (excludes halogenated alkanes) is 1. The van der Waals surface area contributed by atoms with E-state index in [0.29, 0.717) is 19.4 Å². The Kier molecular flexibility index (Phi) is 7.17. The number of hydrogen-bond acceptors (Lipinski definition) is 3. The van der Waals surface area contributed by atoms with Crippen molar-refractivity contribution in [2.45, 2.75) is 32.6 Å². The number of rotatable bonds is 9. The summed E-state index contributed by atoms with van der Waals surface area (Å²) in [5, 5.41) is 11.2. The van der Waals surface area contributed by atoms with Gasteiger partial charge in [-0.3, -0.25) is 9.59 Å². The van der Waals surface area contributed by atoms with E-state index in [0.717, 1.165) is 17.7 Å². The molecule has 0 aliphatic rings. The van der Waals surface area contributed by atoms with E-state index in [1.165, 1.54) is 0 Å². The molecule has 1 rings (SSSR count). The molecule has 1 amide bonds. The number of aryl methyl sites for hydroxylation is 1. The molecule has 0 saturated heterocycles. The van der Waals surface area contributed by atoms with Gasteiger partial charge in [0.05, 0.1) is 0 Å². The zero-order valence-electron chi connectivity index (χ0n) is 11.7. The SMILES string of the molecule is CCc1ccccc1OCC(=O)NCCCCC(=O)O. The zero-order valence-corrected chi connectivity index (χ0v) is 11.7. The van der Waals surface area contributed by atoms with Crippen LogP contribution in [-0.2, 0) is 16.0 Å². The summed E-state index contributed by atoms with van der Waals surface area (Å²) in [6, 6.07) is 7.63. The lowest BCUT2D eigenvalue weighted by molar-refractivity contribution is -0.137. The Morgan fingerprint density at radius 1 is 1.25 bits per heavy atom. The molecule has 0 aliphatic carbocycles. The van der Waals surface area contributed by atoms with E-state index in [1.54, 1.807) is 0 Å². The van der Waals surface area contributed by atoms with Gasteiger partial charge in [0.15, 0.2) is 6.61 Å². The third kappa shape index (κ3) is 6.22. The minimum atomic E-state index is -0.809. The molecule has 0 aliphatic heterocycles. The summed E-state index contributed by atoms with van der Waals surface area (Å²) in [5.74, 6) is -0.266. The van der Waals surface area contributed by atoms with Gasteiger partial charge in [0.1, 0.15) is 5.75 Å². The van der Waals surface area contributed by atoms with E-state index in [1.807, 2.05) is 31.2 Å². The number of ether oxygens (including phenoxy) is 1. The molecule has 1 aromatic carbocycles. The number of carbonyl (C=O) groups is 2. The first-order valence-electron chi connectivity index (χ1n) is 6.82. The molecule has 110 valence electrons. The predicted octanol–water partition coefficient (Wildman–Crippen LogP) is 2.00. The van der Waals surface area contributed by atoms with Gasteiger partial charge in [-0.1, -0.05) is 25.1 Å². The maximum Gasteiger partial charge on any atom is 0.303 e. The van der Waals surface area contributed by atoms with E-state index in [4.69, 9.17) is 9.84 Å². The summed E-state index contributed by atoms with van der Waals surface area (Å²) in [4.78, 5) is 21.9. The largest absolute Gasteiger partial charge is 0.483 e. The lowest BCUT2D eigenvalue weighted by Crippen LogP contribution is -2.29. The number of para-hydroxylation sites is 1. The van der Waals surface area contributed by atoms with Crippen molar-refractivity contribution in [2.24, 2.45) is 0 Å². The monoisotopic (exact) mass is 279 g/mol. The van der Waals surface area contributed by atoms with Crippen molar-refractivity contribution < 1.29 is 19.4 Å². The molecule has 0 bridgehead atoms. The topological polar surface area (TPSA) is 75.6 Å². The zero-order chi connectivity index (χ0) is 14.8. The van der Waals surface area contributed by atoms with Crippen LogP contribution in [0.1, 0.15) is 31.7 Å². The first-order valence-corrected chi connectivity index (χ1v) is 6.82. The minimum absolute atomic E-state index is 0.0179. The van der Waals surface area contributed by atoms with Crippen LogP contribution in [0.4, 0.5) is 0 Å². The van der Waals surface area contributed by atoms with Crippen LogP contribution in [-0.4, -0.2) is 30.1 Å². The van der Waals surface area contributed by atoms with Crippen molar-refractivity contribution in [3.05, 3.63) is 29.8 Å². The van der Waals surface area contributed by atoms with Crippen LogP contribution in [0.5, 0.6) is 5.75 Å². The van der Waals surface area contributed by atoms with Crippen LogP contribution < -0.4 is 10.1 Å². The fraction of sp³-hybridized carbons (Fsp3) is 0.467. The number of hydrogen-bond donors (Lipinski definition) is 2. The quantitative estimate of drug-likeness (QED) is 0.678. The highest BCUT2D eigenvalue weighted by Crippen LogP contribution is 2.17. The Morgan fingerprint density at radius 2 is 2.00 bits per heavy atom. The first kappa shape index (κ1) is 16.0. The molecule has 2 N–H and O–H groups in total. The van der Waals surface area contributed by atoms with Crippen LogP contribution in [0.25, 0.3) is 0 Å². The molecule has 20 heavy (non-hydrogen) atoms. The van der Waals surface area contributed by atoms with E-state index in [9.17, 15) is 9.59 Å². The van der Waals surface area contributed by atoms with Crippen molar-refractivity contribution in [1.29, 1.82) is 0 Å². The molecule has 0 atom stereocenters. The highest BCUT2D eigenvalue weighted by molar-refractivity contribution is 5.77. The fourth-order valence-electron chi connectivity index (χ4n) is 1.76. The number of carboxylic acids is 1. The van der Waals surface area contributed by atoms with Gasteiger partial charge in [-0.05, 0) is 30.9 Å². The molecule has 0 unspecified atom stereocenters. The number of amides is 1. The van der Waals surface area contributed by atoms with E-state index in [2.05, 4.69) is 5.32 Å². The number of nitrogens with one attached hydrogen (secondary N) is 1. The predicted molar refractivity (Wildman–Crippen MR) is 75.8 cm³/mol. The molecule has 1 aromatic rings. The molecule has 0 fully saturated rings. The molecule has 0 heterocycles. The summed E-state index contributed by atoms with van der Waals surface area (Å²) in [6.07, 6.45) is 2.21. The molecule has 0 saturated carbocycles. The van der Waals surface area contributed by atoms with Gasteiger partial charge < -0.3 is 15.2 Å². The van der Waals surface area contributed by atoms with Crippen molar-refractivity contribution in [1.82, 2.24) is 5.32 Å². The van der Waals surface area contributed by atoms with E-state index < -0.39 is 5.97 Å². The van der Waals surface area contributed by atoms with Crippen LogP contribution in [0, 0.1) is 0 Å². The Balaban J connectivity index is 2.21. The number of carbonyl (C=O) groups excluding carboxylic acids is 1. The number of aliphatic carboxylic acids is 1. The third-order valence-corrected chi connectivity index (χ3v) is 2.85. The second-order valence-electron chi connectivity index (χ2n) is 4.45. The summed E-state index contributed by atoms with van der Waals surface area (Å²) < 4.78 is 5.48. The molecule has 0 radical (unpaired) electrons. The van der Waals surface area contributed by atoms with Crippen LogP contribution in [0.2, 0.25) is 0 Å². The molecule has 5 nitrogen and oxygen atoms in total. The molecule has 0 spiro atoms. The van der Waals surface area contributed by atoms with Crippen LogP contribution >= 0.6 is 0 Å². The molecular weight excluding hydrogens is 258 g/mol. The van der Waals surface area contributed by atoms with Gasteiger partial charge in [0.25, 0.3) is 5.91 Å². The Labute approximate surface area is 118 Å². The summed E-state index contributed by atoms with van der Waals surface area (Å²) in [6.45, 7) is 2.49. The normalized spacial score (nSPS) is 10.1. The van der Waals surface area contributed by atoms with Crippen molar-refractivity contribution in [2.75, 3.05) is 13.2 Å². The highest BCUT2D eigenvalue weighted by atomic mass is 16.5. The van der Waals surface area contributed by atoms with Gasteiger partial charge in [-0.2, -0.15) is 0 Å². The summed E-state index contributed by atoms with van der Waals surface area (Å²) >= 11 is 0. The molecular formula is C15H21NO4. The minimum Gasteiger partial charge on any atom is -0.483 e.